The van der Waals surface area contributed by atoms with Gasteiger partial charge in [0.25, 0.3) is 0 Å². The second-order valence-corrected chi connectivity index (χ2v) is 12.4. The van der Waals surface area contributed by atoms with Crippen LogP contribution in [0.2, 0.25) is 0 Å². The number of aliphatic hydroxyl groups excluding tert-OH is 1. The Kier molecular flexibility index (Phi) is 8.37. The van der Waals surface area contributed by atoms with Gasteiger partial charge in [0, 0.05) is 5.92 Å². The Labute approximate surface area is 208 Å². The largest absolute Gasteiger partial charge is 0.490 e. The van der Waals surface area contributed by atoms with E-state index < -0.39 is 59.3 Å². The van der Waals surface area contributed by atoms with Crippen molar-refractivity contribution in [1.29, 1.82) is 0 Å². The Morgan fingerprint density at radius 1 is 1.25 bits per heavy atom. The van der Waals surface area contributed by atoms with Gasteiger partial charge in [-0.1, -0.05) is 17.5 Å². The van der Waals surface area contributed by atoms with Gasteiger partial charge in [-0.3, -0.25) is 9.09 Å². The van der Waals surface area contributed by atoms with Gasteiger partial charge in [-0.2, -0.15) is 13.6 Å². The van der Waals surface area contributed by atoms with Crippen LogP contribution in [0.3, 0.4) is 0 Å². The minimum atomic E-state index is -5.74. The number of alkyl halides is 1. The molecule has 21 heteroatoms. The number of phosphoric ester groups is 1. The summed E-state index contributed by atoms with van der Waals surface area (Å²) in [5.41, 5.74) is 6.19. The van der Waals surface area contributed by atoms with Crippen molar-refractivity contribution in [2.45, 2.75) is 37.2 Å². The van der Waals surface area contributed by atoms with Crippen molar-refractivity contribution < 1.29 is 56.3 Å². The van der Waals surface area contributed by atoms with Crippen molar-refractivity contribution in [2.24, 2.45) is 5.92 Å². The van der Waals surface area contributed by atoms with Gasteiger partial charge in [-0.05, 0) is 13.8 Å². The summed E-state index contributed by atoms with van der Waals surface area (Å²) in [6.45, 7) is 2.01. The Balaban J connectivity index is 1.93. The van der Waals surface area contributed by atoms with Gasteiger partial charge in [0.05, 0.1) is 31.3 Å². The predicted molar refractivity (Wildman–Crippen MR) is 121 cm³/mol. The van der Waals surface area contributed by atoms with Gasteiger partial charge >= 0.3 is 23.5 Å². The van der Waals surface area contributed by atoms with E-state index in [9.17, 15) is 28.6 Å². The highest BCUT2D eigenvalue weighted by atomic mass is 35.5. The smallest absolute Gasteiger partial charge is 0.396 e. The maximum absolute atomic E-state index is 12.3. The lowest BCUT2D eigenvalue weighted by Crippen LogP contribution is -2.41. The molecule has 0 bridgehead atoms. The van der Waals surface area contributed by atoms with Crippen molar-refractivity contribution in [1.82, 2.24) is 19.5 Å². The van der Waals surface area contributed by atoms with Crippen LogP contribution >= 0.6 is 35.1 Å². The third-order valence-electron chi connectivity index (χ3n) is 4.86. The molecule has 0 aliphatic carbocycles. The standard InChI is InChI=1S/C15H21ClN5O12P3/c1-3-4-15(16)9(6-22)11(8(2)31-35(26,27)33-36(28,29)32-34(23,24)25)30-13(15)21-7-19-10-5-18-14(17)20-12(10)21/h5,7-9,11,13,22H,6H2,1-2H3,(H,26,27)(H,28,29)(H2,17,18,20)(H2,23,24,25)/t8-,9?,11-,13-,15?/m1/s1. The zero-order valence-electron chi connectivity index (χ0n) is 18.4. The molecule has 1 aliphatic rings. The first-order valence-corrected chi connectivity index (χ1v) is 14.6. The molecule has 0 amide bonds. The van der Waals surface area contributed by atoms with Gasteiger partial charge in [0.15, 0.2) is 16.7 Å². The number of nitrogens with zero attached hydrogens (tertiary/aromatic N) is 4. The summed E-state index contributed by atoms with van der Waals surface area (Å²) in [5.74, 6) is 4.21. The van der Waals surface area contributed by atoms with Crippen LogP contribution in [-0.2, 0) is 31.6 Å². The molecule has 2 aromatic rings. The first-order chi connectivity index (χ1) is 16.5. The van der Waals surface area contributed by atoms with E-state index in [1.807, 2.05) is 0 Å². The highest BCUT2D eigenvalue weighted by Gasteiger charge is 2.58. The van der Waals surface area contributed by atoms with Crippen molar-refractivity contribution in [3.63, 3.8) is 0 Å². The van der Waals surface area contributed by atoms with Crippen LogP contribution in [0.5, 0.6) is 0 Å². The third kappa shape index (κ3) is 6.32. The topological polar surface area (TPSA) is 259 Å². The first-order valence-electron chi connectivity index (χ1n) is 9.68. The van der Waals surface area contributed by atoms with Crippen LogP contribution in [0.15, 0.2) is 12.5 Å². The fraction of sp³-hybridized carbons (Fsp3) is 0.533. The summed E-state index contributed by atoms with van der Waals surface area (Å²) in [4.78, 5) is 47.0. The number of hydrogen-bond donors (Lipinski definition) is 6. The van der Waals surface area contributed by atoms with Crippen molar-refractivity contribution in [3.8, 4) is 11.8 Å². The quantitative estimate of drug-likeness (QED) is 0.133. The Morgan fingerprint density at radius 2 is 1.92 bits per heavy atom. The van der Waals surface area contributed by atoms with Crippen LogP contribution < -0.4 is 5.73 Å². The van der Waals surface area contributed by atoms with E-state index in [1.165, 1.54) is 30.9 Å². The molecule has 1 fully saturated rings. The number of nitrogens with two attached hydrogens (primary N) is 1. The highest BCUT2D eigenvalue weighted by molar-refractivity contribution is 7.66. The van der Waals surface area contributed by atoms with Crippen LogP contribution in [0, 0.1) is 17.8 Å². The number of fused-ring (bicyclic) bond motifs is 1. The normalized spacial score (nSPS) is 28.7. The summed E-state index contributed by atoms with van der Waals surface area (Å²) in [5, 5.41) is 10.1. The first kappa shape index (κ1) is 29.1. The molecule has 17 nitrogen and oxygen atoms in total. The molecule has 36 heavy (non-hydrogen) atoms. The second kappa shape index (κ2) is 10.4. The van der Waals surface area contributed by atoms with E-state index >= 15 is 0 Å². The van der Waals surface area contributed by atoms with Gasteiger partial charge in [0.2, 0.25) is 5.95 Å². The lowest BCUT2D eigenvalue weighted by atomic mass is 9.87. The van der Waals surface area contributed by atoms with Crippen molar-refractivity contribution >= 4 is 52.2 Å². The van der Waals surface area contributed by atoms with Crippen molar-refractivity contribution in [3.05, 3.63) is 12.5 Å². The van der Waals surface area contributed by atoms with Crippen LogP contribution in [0.4, 0.5) is 5.95 Å². The molecule has 200 valence electrons. The highest BCUT2D eigenvalue weighted by Crippen LogP contribution is 2.67. The number of aliphatic hydroxyl groups is 1. The summed E-state index contributed by atoms with van der Waals surface area (Å²) in [7, 11) is -16.8. The molecule has 0 radical (unpaired) electrons. The van der Waals surface area contributed by atoms with E-state index in [-0.39, 0.29) is 11.6 Å². The minimum absolute atomic E-state index is 0.0831. The molecule has 1 aliphatic heterocycles. The average molecular weight is 592 g/mol. The van der Waals surface area contributed by atoms with Gasteiger partial charge in [-0.15, -0.1) is 5.92 Å². The number of imidazole rings is 1. The van der Waals surface area contributed by atoms with Crippen LogP contribution in [0.1, 0.15) is 20.1 Å². The molecule has 1 saturated heterocycles. The Bertz CT molecular complexity index is 1340. The molecule has 0 saturated carbocycles. The molecule has 4 unspecified atom stereocenters. The number of aromatic nitrogens is 4. The Hall–Kier alpha value is -1.47. The molecule has 7 N–H and O–H groups in total. The molecule has 7 atom stereocenters. The average Bonchev–Trinajstić information content (AvgIpc) is 3.22. The van der Waals surface area contributed by atoms with Gasteiger partial charge < -0.3 is 35.2 Å². The van der Waals surface area contributed by atoms with Gasteiger partial charge in [-0.25, -0.2) is 23.7 Å². The fourth-order valence-corrected chi connectivity index (χ4v) is 7.28. The van der Waals surface area contributed by atoms with E-state index in [1.54, 1.807) is 0 Å². The van der Waals surface area contributed by atoms with Crippen LogP contribution in [-0.4, -0.2) is 67.9 Å². The number of anilines is 1. The lowest BCUT2D eigenvalue weighted by molar-refractivity contribution is -0.0641. The number of hydrogen-bond acceptors (Lipinski definition) is 12. The second-order valence-electron chi connectivity index (χ2n) is 7.38. The molecule has 2 aromatic heterocycles. The SMILES string of the molecule is CC#CC1(Cl)C(CO)[C@@H]([C@@H](C)OP(=O)(O)OP(=O)(O)OP(=O)(O)O)O[C@H]1n1cnc2cnc(N)nc21. The predicted octanol–water partition coefficient (Wildman–Crippen LogP) is 0.647. The summed E-state index contributed by atoms with van der Waals surface area (Å²) in [6.07, 6.45) is -1.32. The lowest BCUT2D eigenvalue weighted by Gasteiger charge is -2.29. The zero-order chi connectivity index (χ0) is 27.1. The number of nitrogen functional groups attached to an aromatic ring is 1. The van der Waals surface area contributed by atoms with E-state index in [4.69, 9.17) is 36.4 Å². The van der Waals surface area contributed by atoms with E-state index in [0.29, 0.717) is 5.52 Å². The molecule has 3 heterocycles. The maximum atomic E-state index is 12.3. The maximum Gasteiger partial charge on any atom is 0.490 e. The summed E-state index contributed by atoms with van der Waals surface area (Å²) < 4.78 is 54.4. The molecule has 0 aromatic carbocycles. The third-order valence-corrected chi connectivity index (χ3v) is 9.35. The van der Waals surface area contributed by atoms with E-state index in [2.05, 4.69) is 35.4 Å². The van der Waals surface area contributed by atoms with Crippen LogP contribution in [0.25, 0.3) is 11.2 Å². The van der Waals surface area contributed by atoms with E-state index in [0.717, 1.165) is 0 Å². The number of rotatable bonds is 9. The monoisotopic (exact) mass is 591 g/mol. The Morgan fingerprint density at radius 3 is 2.50 bits per heavy atom. The number of phosphoric acid groups is 3. The summed E-state index contributed by atoms with van der Waals surface area (Å²) >= 11 is 6.83. The number of ether oxygens (including phenoxy) is 1. The molecule has 0 spiro atoms. The van der Waals surface area contributed by atoms with Crippen molar-refractivity contribution in [2.75, 3.05) is 12.3 Å². The minimum Gasteiger partial charge on any atom is -0.396 e. The van der Waals surface area contributed by atoms with Gasteiger partial charge in [0.1, 0.15) is 5.52 Å². The summed E-state index contributed by atoms with van der Waals surface area (Å²) in [6, 6.07) is 0. The molecular formula is C15H21ClN5O12P3. The fourth-order valence-electron chi connectivity index (χ4n) is 3.63. The number of halogens is 1. The zero-order valence-corrected chi connectivity index (χ0v) is 21.8. The molecule has 3 rings (SSSR count). The molecular weight excluding hydrogens is 571 g/mol.